The van der Waals surface area contributed by atoms with Gasteiger partial charge in [0.05, 0.1) is 5.56 Å². The number of para-hydroxylation sites is 1. The predicted octanol–water partition coefficient (Wildman–Crippen LogP) is 4.74. The minimum absolute atomic E-state index is 0.119. The van der Waals surface area contributed by atoms with Gasteiger partial charge in [0, 0.05) is 28.7 Å². The third-order valence-corrected chi connectivity index (χ3v) is 4.03. The SMILES string of the molecule is C=C(C)COc1ccc2c(c1)OC(=Cc1c[nH]c3ccccc13)C2=O. The van der Waals surface area contributed by atoms with E-state index < -0.39 is 0 Å². The number of hydrogen-bond acceptors (Lipinski definition) is 3. The molecule has 0 radical (unpaired) electrons. The molecule has 1 aliphatic heterocycles. The number of carbonyl (C=O) groups is 1. The molecule has 1 N–H and O–H groups in total. The second-order valence-electron chi connectivity index (χ2n) is 6.13. The Labute approximate surface area is 145 Å². The number of benzene rings is 2. The van der Waals surface area contributed by atoms with Gasteiger partial charge in [0.1, 0.15) is 18.1 Å². The van der Waals surface area contributed by atoms with E-state index in [0.29, 0.717) is 29.4 Å². The summed E-state index contributed by atoms with van der Waals surface area (Å²) in [6, 6.07) is 13.2. The topological polar surface area (TPSA) is 51.3 Å². The van der Waals surface area contributed by atoms with Crippen LogP contribution in [0.2, 0.25) is 0 Å². The molecule has 0 saturated heterocycles. The Balaban J connectivity index is 1.64. The summed E-state index contributed by atoms with van der Waals surface area (Å²) in [5.41, 5.74) is 3.42. The first-order valence-corrected chi connectivity index (χ1v) is 8.03. The molecule has 3 aromatic rings. The fourth-order valence-corrected chi connectivity index (χ4v) is 2.82. The van der Waals surface area contributed by atoms with Crippen molar-refractivity contribution in [3.63, 3.8) is 0 Å². The molecule has 0 aliphatic carbocycles. The maximum atomic E-state index is 12.6. The number of hydrogen-bond donors (Lipinski definition) is 1. The smallest absolute Gasteiger partial charge is 0.231 e. The van der Waals surface area contributed by atoms with E-state index in [1.807, 2.05) is 37.4 Å². The second kappa shape index (κ2) is 5.98. The van der Waals surface area contributed by atoms with Crippen molar-refractivity contribution in [3.05, 3.63) is 77.7 Å². The highest BCUT2D eigenvalue weighted by Crippen LogP contribution is 2.35. The number of ether oxygens (including phenoxy) is 2. The van der Waals surface area contributed by atoms with Gasteiger partial charge in [-0.05, 0) is 36.8 Å². The van der Waals surface area contributed by atoms with E-state index in [-0.39, 0.29) is 5.78 Å². The maximum Gasteiger partial charge on any atom is 0.231 e. The lowest BCUT2D eigenvalue weighted by Crippen LogP contribution is -1.98. The second-order valence-corrected chi connectivity index (χ2v) is 6.13. The first-order valence-electron chi connectivity index (χ1n) is 8.03. The predicted molar refractivity (Wildman–Crippen MR) is 98.0 cm³/mol. The molecule has 124 valence electrons. The number of ketones is 1. The molecule has 4 rings (SSSR count). The average molecular weight is 331 g/mol. The lowest BCUT2D eigenvalue weighted by molar-refractivity contribution is 0.101. The minimum Gasteiger partial charge on any atom is -0.489 e. The molecular formula is C21H17NO3. The molecule has 0 bridgehead atoms. The van der Waals surface area contributed by atoms with Crippen LogP contribution in [-0.2, 0) is 0 Å². The zero-order chi connectivity index (χ0) is 17.4. The van der Waals surface area contributed by atoms with Gasteiger partial charge in [-0.25, -0.2) is 0 Å². The number of carbonyl (C=O) groups excluding carboxylic acids is 1. The number of rotatable bonds is 4. The van der Waals surface area contributed by atoms with Crippen LogP contribution in [0.25, 0.3) is 17.0 Å². The summed E-state index contributed by atoms with van der Waals surface area (Å²) in [7, 11) is 0. The van der Waals surface area contributed by atoms with Gasteiger partial charge in [-0.1, -0.05) is 24.8 Å². The van der Waals surface area contributed by atoms with Crippen LogP contribution in [0.15, 0.2) is 66.6 Å². The van der Waals surface area contributed by atoms with E-state index in [1.165, 1.54) is 0 Å². The van der Waals surface area contributed by atoms with Gasteiger partial charge in [-0.3, -0.25) is 4.79 Å². The van der Waals surface area contributed by atoms with Crippen LogP contribution >= 0.6 is 0 Å². The molecule has 0 amide bonds. The normalized spacial score (nSPS) is 14.6. The molecule has 0 unspecified atom stereocenters. The number of fused-ring (bicyclic) bond motifs is 2. The fourth-order valence-electron chi connectivity index (χ4n) is 2.82. The highest BCUT2D eigenvalue weighted by Gasteiger charge is 2.28. The Kier molecular flexibility index (Phi) is 3.65. The van der Waals surface area contributed by atoms with E-state index in [1.54, 1.807) is 24.3 Å². The van der Waals surface area contributed by atoms with E-state index in [2.05, 4.69) is 11.6 Å². The largest absolute Gasteiger partial charge is 0.489 e. The molecule has 0 atom stereocenters. The van der Waals surface area contributed by atoms with Crippen molar-refractivity contribution in [3.8, 4) is 11.5 Å². The standard InChI is InChI=1S/C21H17NO3/c1-13(2)12-24-15-7-8-17-19(10-15)25-20(21(17)23)9-14-11-22-18-6-4-3-5-16(14)18/h3-11,22H,1,12H2,2H3. The quantitative estimate of drug-likeness (QED) is 0.555. The highest BCUT2D eigenvalue weighted by atomic mass is 16.5. The van der Waals surface area contributed by atoms with Gasteiger partial charge in [0.2, 0.25) is 5.78 Å². The van der Waals surface area contributed by atoms with Crippen LogP contribution in [0.1, 0.15) is 22.8 Å². The van der Waals surface area contributed by atoms with E-state index >= 15 is 0 Å². The number of Topliss-reactive ketones (excluding diaryl/α,β-unsaturated/α-hetero) is 1. The van der Waals surface area contributed by atoms with Gasteiger partial charge in [-0.2, -0.15) is 0 Å². The van der Waals surface area contributed by atoms with Crippen molar-refractivity contribution >= 4 is 22.8 Å². The molecule has 1 aromatic heterocycles. The number of allylic oxidation sites excluding steroid dienone is 1. The molecular weight excluding hydrogens is 314 g/mol. The Morgan fingerprint density at radius 3 is 2.96 bits per heavy atom. The molecule has 1 aliphatic rings. The van der Waals surface area contributed by atoms with Crippen molar-refractivity contribution in [2.45, 2.75) is 6.92 Å². The van der Waals surface area contributed by atoms with Crippen molar-refractivity contribution in [1.29, 1.82) is 0 Å². The third kappa shape index (κ3) is 2.83. The monoisotopic (exact) mass is 331 g/mol. The zero-order valence-electron chi connectivity index (χ0n) is 13.8. The van der Waals surface area contributed by atoms with E-state index in [9.17, 15) is 4.79 Å². The summed E-state index contributed by atoms with van der Waals surface area (Å²) >= 11 is 0. The molecule has 0 spiro atoms. The Morgan fingerprint density at radius 2 is 2.12 bits per heavy atom. The summed E-state index contributed by atoms with van der Waals surface area (Å²) in [5, 5.41) is 1.05. The van der Waals surface area contributed by atoms with Crippen LogP contribution in [0.4, 0.5) is 0 Å². The highest BCUT2D eigenvalue weighted by molar-refractivity contribution is 6.15. The summed E-state index contributed by atoms with van der Waals surface area (Å²) in [4.78, 5) is 15.8. The average Bonchev–Trinajstić information content (AvgIpc) is 3.15. The van der Waals surface area contributed by atoms with Gasteiger partial charge in [0.15, 0.2) is 5.76 Å². The number of H-pyrrole nitrogens is 1. The lowest BCUT2D eigenvalue weighted by atomic mass is 10.1. The summed E-state index contributed by atoms with van der Waals surface area (Å²) in [6.45, 7) is 6.14. The fraction of sp³-hybridized carbons (Fsp3) is 0.0952. The van der Waals surface area contributed by atoms with E-state index in [0.717, 1.165) is 22.0 Å². The lowest BCUT2D eigenvalue weighted by Gasteiger charge is -2.06. The Hall–Kier alpha value is -3.27. The van der Waals surface area contributed by atoms with Crippen molar-refractivity contribution in [1.82, 2.24) is 4.98 Å². The number of aromatic amines is 1. The molecule has 0 fully saturated rings. The summed E-state index contributed by atoms with van der Waals surface area (Å²) in [5.74, 6) is 1.38. The summed E-state index contributed by atoms with van der Waals surface area (Å²) < 4.78 is 11.4. The van der Waals surface area contributed by atoms with E-state index in [4.69, 9.17) is 9.47 Å². The van der Waals surface area contributed by atoms with Crippen molar-refractivity contribution in [2.24, 2.45) is 0 Å². The van der Waals surface area contributed by atoms with Gasteiger partial charge in [0.25, 0.3) is 0 Å². The molecule has 2 heterocycles. The first kappa shape index (κ1) is 15.3. The van der Waals surface area contributed by atoms with Gasteiger partial charge in [-0.15, -0.1) is 0 Å². The molecule has 25 heavy (non-hydrogen) atoms. The minimum atomic E-state index is -0.119. The van der Waals surface area contributed by atoms with Crippen LogP contribution < -0.4 is 9.47 Å². The first-order chi connectivity index (χ1) is 12.1. The molecule has 2 aromatic carbocycles. The molecule has 0 saturated carbocycles. The Morgan fingerprint density at radius 1 is 1.28 bits per heavy atom. The third-order valence-electron chi connectivity index (χ3n) is 4.03. The maximum absolute atomic E-state index is 12.6. The molecule has 4 nitrogen and oxygen atoms in total. The van der Waals surface area contributed by atoms with Crippen LogP contribution in [0, 0.1) is 0 Å². The zero-order valence-corrected chi connectivity index (χ0v) is 13.8. The molecule has 4 heteroatoms. The van der Waals surface area contributed by atoms with Crippen LogP contribution in [0.3, 0.4) is 0 Å². The van der Waals surface area contributed by atoms with Crippen LogP contribution in [0.5, 0.6) is 11.5 Å². The van der Waals surface area contributed by atoms with Crippen LogP contribution in [-0.4, -0.2) is 17.4 Å². The number of aromatic nitrogens is 1. The van der Waals surface area contributed by atoms with Crippen molar-refractivity contribution in [2.75, 3.05) is 6.61 Å². The van der Waals surface area contributed by atoms with Gasteiger partial charge < -0.3 is 14.5 Å². The van der Waals surface area contributed by atoms with Crippen molar-refractivity contribution < 1.29 is 14.3 Å². The number of nitrogens with one attached hydrogen (secondary N) is 1. The van der Waals surface area contributed by atoms with Gasteiger partial charge >= 0.3 is 0 Å². The summed E-state index contributed by atoms with van der Waals surface area (Å²) in [6.07, 6.45) is 3.65. The Bertz CT molecular complexity index is 1030.